The second-order valence-electron chi connectivity index (χ2n) is 6.12. The summed E-state index contributed by atoms with van der Waals surface area (Å²) < 4.78 is 6.71. The number of aromatic nitrogens is 4. The summed E-state index contributed by atoms with van der Waals surface area (Å²) in [5.41, 5.74) is 1.41. The second kappa shape index (κ2) is 8.31. The van der Waals surface area contributed by atoms with Crippen LogP contribution in [0.25, 0.3) is 11.3 Å². The van der Waals surface area contributed by atoms with Gasteiger partial charge in [-0.05, 0) is 24.3 Å². The molecule has 0 aliphatic carbocycles. The first-order chi connectivity index (χ1) is 13.1. The molecule has 0 unspecified atom stereocenters. The van der Waals surface area contributed by atoms with Gasteiger partial charge >= 0.3 is 0 Å². The summed E-state index contributed by atoms with van der Waals surface area (Å²) in [5, 5.41) is 3.20. The lowest BCUT2D eigenvalue weighted by molar-refractivity contribution is 0.415. The molecule has 0 fully saturated rings. The van der Waals surface area contributed by atoms with Gasteiger partial charge < -0.3 is 15.0 Å². The highest BCUT2D eigenvalue weighted by Crippen LogP contribution is 2.19. The van der Waals surface area contributed by atoms with E-state index in [1.807, 2.05) is 49.3 Å². The largest absolute Gasteiger partial charge is 0.497 e. The van der Waals surface area contributed by atoms with Gasteiger partial charge in [0.15, 0.2) is 0 Å². The number of hydrogen-bond acceptors (Lipinski definition) is 7. The molecule has 27 heavy (non-hydrogen) atoms. The van der Waals surface area contributed by atoms with Gasteiger partial charge in [-0.25, -0.2) is 15.0 Å². The average Bonchev–Trinajstić information content (AvgIpc) is 2.69. The summed E-state index contributed by atoms with van der Waals surface area (Å²) in [6, 6.07) is 10.8. The maximum Gasteiger partial charge on any atom is 0.253 e. The zero-order valence-corrected chi connectivity index (χ0v) is 15.6. The maximum absolute atomic E-state index is 12.4. The molecule has 8 heteroatoms. The van der Waals surface area contributed by atoms with Crippen molar-refractivity contribution in [1.29, 1.82) is 0 Å². The van der Waals surface area contributed by atoms with E-state index in [1.165, 1.54) is 12.4 Å². The van der Waals surface area contributed by atoms with Gasteiger partial charge in [0.1, 0.15) is 23.7 Å². The molecule has 0 aliphatic rings. The first-order valence-corrected chi connectivity index (χ1v) is 8.51. The predicted octanol–water partition coefficient (Wildman–Crippen LogP) is 1.89. The van der Waals surface area contributed by atoms with Crippen LogP contribution in [0.3, 0.4) is 0 Å². The zero-order valence-electron chi connectivity index (χ0n) is 15.6. The van der Waals surface area contributed by atoms with E-state index >= 15 is 0 Å². The van der Waals surface area contributed by atoms with Gasteiger partial charge in [0, 0.05) is 44.9 Å². The molecule has 3 aromatic rings. The molecule has 0 spiro atoms. The van der Waals surface area contributed by atoms with Crippen molar-refractivity contribution in [3.63, 3.8) is 0 Å². The number of anilines is 2. The first-order valence-electron chi connectivity index (χ1n) is 8.51. The monoisotopic (exact) mass is 366 g/mol. The van der Waals surface area contributed by atoms with Gasteiger partial charge in [-0.2, -0.15) is 0 Å². The third-order valence-corrected chi connectivity index (χ3v) is 4.03. The van der Waals surface area contributed by atoms with Gasteiger partial charge in [-0.1, -0.05) is 0 Å². The minimum Gasteiger partial charge on any atom is -0.497 e. The number of benzene rings is 1. The van der Waals surface area contributed by atoms with Crippen molar-refractivity contribution in [1.82, 2.24) is 19.5 Å². The summed E-state index contributed by atoms with van der Waals surface area (Å²) in [6.45, 7) is 1.03. The number of methoxy groups -OCH3 is 1. The fraction of sp³-hybridized carbons (Fsp3) is 0.263. The topological polar surface area (TPSA) is 85.2 Å². The Hall–Kier alpha value is -3.42. The van der Waals surface area contributed by atoms with E-state index in [9.17, 15) is 4.79 Å². The minimum atomic E-state index is -0.103. The highest BCUT2D eigenvalue weighted by molar-refractivity contribution is 5.59. The molecule has 1 N–H and O–H groups in total. The number of nitrogens with zero attached hydrogens (tertiary/aromatic N) is 5. The Bertz CT molecular complexity index is 953. The third-order valence-electron chi connectivity index (χ3n) is 4.03. The molecule has 0 saturated heterocycles. The molecule has 8 nitrogen and oxygen atoms in total. The Morgan fingerprint density at radius 3 is 2.56 bits per heavy atom. The van der Waals surface area contributed by atoms with E-state index in [0.717, 1.165) is 17.1 Å². The van der Waals surface area contributed by atoms with Gasteiger partial charge in [-0.3, -0.25) is 9.36 Å². The molecule has 2 heterocycles. The lowest BCUT2D eigenvalue weighted by Gasteiger charge is -2.12. The van der Waals surface area contributed by atoms with Gasteiger partial charge in [0.25, 0.3) is 5.56 Å². The Balaban J connectivity index is 1.64. The number of ether oxygens (including phenoxy) is 1. The van der Waals surface area contributed by atoms with Crippen molar-refractivity contribution >= 4 is 11.6 Å². The van der Waals surface area contributed by atoms with Crippen LogP contribution in [-0.2, 0) is 6.54 Å². The molecular weight excluding hydrogens is 344 g/mol. The summed E-state index contributed by atoms with van der Waals surface area (Å²) in [5.74, 6) is 2.29. The Morgan fingerprint density at radius 1 is 1.11 bits per heavy atom. The van der Waals surface area contributed by atoms with E-state index in [1.54, 1.807) is 18.0 Å². The van der Waals surface area contributed by atoms with Crippen LogP contribution in [0.2, 0.25) is 0 Å². The molecule has 0 atom stereocenters. The van der Waals surface area contributed by atoms with Gasteiger partial charge in [0.05, 0.1) is 19.1 Å². The SMILES string of the molecule is COc1ccc(-c2cc(=O)n(CCNc3cc(N(C)C)ncn3)cn2)cc1. The van der Waals surface area contributed by atoms with Crippen LogP contribution in [0.15, 0.2) is 53.8 Å². The van der Waals surface area contributed by atoms with Crippen LogP contribution in [0.4, 0.5) is 11.6 Å². The maximum atomic E-state index is 12.4. The first kappa shape index (κ1) is 18.4. The molecule has 0 amide bonds. The highest BCUT2D eigenvalue weighted by atomic mass is 16.5. The predicted molar refractivity (Wildman–Crippen MR) is 105 cm³/mol. The van der Waals surface area contributed by atoms with Gasteiger partial charge in [-0.15, -0.1) is 0 Å². The quantitative estimate of drug-likeness (QED) is 0.683. The van der Waals surface area contributed by atoms with Crippen molar-refractivity contribution in [3.05, 3.63) is 59.4 Å². The molecule has 1 aromatic carbocycles. The zero-order chi connectivity index (χ0) is 19.2. The van der Waals surface area contributed by atoms with Crippen molar-refractivity contribution in [3.8, 4) is 17.0 Å². The molecule has 2 aromatic heterocycles. The molecule has 3 rings (SSSR count). The van der Waals surface area contributed by atoms with Crippen LogP contribution in [0, 0.1) is 0 Å². The van der Waals surface area contributed by atoms with E-state index in [0.29, 0.717) is 24.6 Å². The number of nitrogens with one attached hydrogen (secondary N) is 1. The molecule has 0 saturated carbocycles. The lowest BCUT2D eigenvalue weighted by Crippen LogP contribution is -2.23. The standard InChI is InChI=1S/C19H22N6O2/c1-24(2)18-11-17(21-12-22-18)20-8-9-25-13-23-16(10-19(25)26)14-4-6-15(27-3)7-5-14/h4-7,10-13H,8-9H2,1-3H3,(H,20,21,22). The van der Waals surface area contributed by atoms with Crippen molar-refractivity contribution in [2.45, 2.75) is 6.54 Å². The van der Waals surface area contributed by atoms with Crippen molar-refractivity contribution < 1.29 is 4.74 Å². The van der Waals surface area contributed by atoms with Crippen LogP contribution in [-0.4, -0.2) is 47.3 Å². The minimum absolute atomic E-state index is 0.103. The molecular formula is C19H22N6O2. The van der Waals surface area contributed by atoms with Crippen LogP contribution >= 0.6 is 0 Å². The van der Waals surface area contributed by atoms with Crippen molar-refractivity contribution in [2.75, 3.05) is 38.0 Å². The lowest BCUT2D eigenvalue weighted by atomic mass is 10.1. The summed E-state index contributed by atoms with van der Waals surface area (Å²) in [7, 11) is 5.45. The molecule has 0 radical (unpaired) electrons. The van der Waals surface area contributed by atoms with Crippen LogP contribution in [0.1, 0.15) is 0 Å². The second-order valence-corrected chi connectivity index (χ2v) is 6.12. The average molecular weight is 366 g/mol. The fourth-order valence-electron chi connectivity index (χ4n) is 2.51. The fourth-order valence-corrected chi connectivity index (χ4v) is 2.51. The Labute approximate surface area is 157 Å². The van der Waals surface area contributed by atoms with Crippen molar-refractivity contribution in [2.24, 2.45) is 0 Å². The number of hydrogen-bond donors (Lipinski definition) is 1. The van der Waals surface area contributed by atoms with Crippen LogP contribution in [0.5, 0.6) is 5.75 Å². The Kier molecular flexibility index (Phi) is 5.65. The Morgan fingerprint density at radius 2 is 1.89 bits per heavy atom. The molecule has 0 bridgehead atoms. The smallest absolute Gasteiger partial charge is 0.253 e. The third kappa shape index (κ3) is 4.60. The van der Waals surface area contributed by atoms with E-state index in [-0.39, 0.29) is 5.56 Å². The summed E-state index contributed by atoms with van der Waals surface area (Å²) >= 11 is 0. The number of rotatable bonds is 7. The summed E-state index contributed by atoms with van der Waals surface area (Å²) in [6.07, 6.45) is 3.07. The summed E-state index contributed by atoms with van der Waals surface area (Å²) in [4.78, 5) is 27.0. The van der Waals surface area contributed by atoms with Gasteiger partial charge in [0.2, 0.25) is 0 Å². The van der Waals surface area contributed by atoms with E-state index < -0.39 is 0 Å². The molecule has 0 aliphatic heterocycles. The van der Waals surface area contributed by atoms with E-state index in [4.69, 9.17) is 4.74 Å². The van der Waals surface area contributed by atoms with Crippen LogP contribution < -0.4 is 20.5 Å². The van der Waals surface area contributed by atoms with E-state index in [2.05, 4.69) is 20.3 Å². The highest BCUT2D eigenvalue weighted by Gasteiger charge is 2.04. The normalized spacial score (nSPS) is 10.5. The molecule has 140 valence electrons.